The first-order valence-corrected chi connectivity index (χ1v) is 6.72. The van der Waals surface area contributed by atoms with E-state index in [1.54, 1.807) is 18.2 Å². The van der Waals surface area contributed by atoms with Crippen LogP contribution < -0.4 is 5.73 Å². The van der Waals surface area contributed by atoms with Gasteiger partial charge in [-0.1, -0.05) is 28.1 Å². The maximum absolute atomic E-state index is 13.8. The molecule has 0 aliphatic heterocycles. The zero-order valence-electron chi connectivity index (χ0n) is 10.5. The van der Waals surface area contributed by atoms with Crippen LogP contribution in [0.3, 0.4) is 0 Å². The van der Waals surface area contributed by atoms with Crippen molar-refractivity contribution < 1.29 is 8.78 Å². The summed E-state index contributed by atoms with van der Waals surface area (Å²) in [6.07, 6.45) is 0.477. The number of aryl methyl sites for hydroxylation is 1. The lowest BCUT2D eigenvalue weighted by molar-refractivity contribution is 0.578. The second-order valence-corrected chi connectivity index (χ2v) is 5.46. The number of halogens is 3. The van der Waals surface area contributed by atoms with Gasteiger partial charge in [0.1, 0.15) is 11.6 Å². The van der Waals surface area contributed by atoms with Crippen molar-refractivity contribution in [2.24, 2.45) is 5.73 Å². The molecule has 1 nitrogen and oxygen atoms in total. The molecule has 19 heavy (non-hydrogen) atoms. The molecule has 0 aliphatic rings. The third-order valence-corrected chi connectivity index (χ3v) is 3.60. The van der Waals surface area contributed by atoms with Crippen molar-refractivity contribution in [1.82, 2.24) is 0 Å². The van der Waals surface area contributed by atoms with Gasteiger partial charge < -0.3 is 5.73 Å². The molecule has 0 radical (unpaired) electrons. The van der Waals surface area contributed by atoms with E-state index in [0.717, 1.165) is 11.1 Å². The van der Waals surface area contributed by atoms with Crippen LogP contribution in [0.15, 0.2) is 40.9 Å². The van der Waals surface area contributed by atoms with E-state index in [-0.39, 0.29) is 11.6 Å². The summed E-state index contributed by atoms with van der Waals surface area (Å²) >= 11 is 3.21. The minimum Gasteiger partial charge on any atom is -0.324 e. The fourth-order valence-corrected chi connectivity index (χ4v) is 2.37. The molecule has 0 saturated heterocycles. The van der Waals surface area contributed by atoms with Gasteiger partial charge >= 0.3 is 0 Å². The van der Waals surface area contributed by atoms with Crippen LogP contribution in [-0.4, -0.2) is 0 Å². The van der Waals surface area contributed by atoms with Crippen molar-refractivity contribution >= 4 is 15.9 Å². The largest absolute Gasteiger partial charge is 0.324 e. The van der Waals surface area contributed by atoms with Gasteiger partial charge in [0.2, 0.25) is 0 Å². The van der Waals surface area contributed by atoms with Crippen molar-refractivity contribution in [1.29, 1.82) is 0 Å². The van der Waals surface area contributed by atoms with Crippen LogP contribution >= 0.6 is 15.9 Å². The normalized spacial score (nSPS) is 12.5. The third kappa shape index (κ3) is 3.39. The molecule has 100 valence electrons. The highest BCUT2D eigenvalue weighted by Crippen LogP contribution is 2.23. The van der Waals surface area contributed by atoms with Gasteiger partial charge in [0, 0.05) is 16.1 Å². The van der Waals surface area contributed by atoms with Gasteiger partial charge in [0.15, 0.2) is 0 Å². The quantitative estimate of drug-likeness (QED) is 0.895. The summed E-state index contributed by atoms with van der Waals surface area (Å²) in [4.78, 5) is 0. The summed E-state index contributed by atoms with van der Waals surface area (Å²) in [7, 11) is 0. The van der Waals surface area contributed by atoms with Gasteiger partial charge in [0.25, 0.3) is 0 Å². The molecule has 1 unspecified atom stereocenters. The fourth-order valence-electron chi connectivity index (χ4n) is 2.04. The SMILES string of the molecule is Cc1cc(F)ccc1CC(N)c1ccc(Br)cc1F. The fraction of sp³-hybridized carbons (Fsp3) is 0.200. The van der Waals surface area contributed by atoms with E-state index in [2.05, 4.69) is 15.9 Å². The van der Waals surface area contributed by atoms with Crippen molar-refractivity contribution in [2.45, 2.75) is 19.4 Å². The van der Waals surface area contributed by atoms with Crippen molar-refractivity contribution in [3.8, 4) is 0 Å². The molecule has 2 N–H and O–H groups in total. The lowest BCUT2D eigenvalue weighted by Crippen LogP contribution is -2.15. The number of hydrogen-bond acceptors (Lipinski definition) is 1. The van der Waals surface area contributed by atoms with Crippen LogP contribution in [0.5, 0.6) is 0 Å². The number of nitrogens with two attached hydrogens (primary N) is 1. The number of benzene rings is 2. The molecule has 2 aromatic rings. The molecule has 0 fully saturated rings. The van der Waals surface area contributed by atoms with Crippen LogP contribution in [0.4, 0.5) is 8.78 Å². The summed E-state index contributed by atoms with van der Waals surface area (Å²) in [6, 6.07) is 8.93. The highest BCUT2D eigenvalue weighted by molar-refractivity contribution is 9.10. The molecular formula is C15H14BrF2N. The molecule has 0 bridgehead atoms. The molecule has 0 saturated carbocycles. The first-order valence-electron chi connectivity index (χ1n) is 5.93. The van der Waals surface area contributed by atoms with Crippen LogP contribution in [0, 0.1) is 18.6 Å². The van der Waals surface area contributed by atoms with Gasteiger partial charge in [-0.15, -0.1) is 0 Å². The molecule has 0 aliphatic carbocycles. The minimum absolute atomic E-state index is 0.273. The average molecular weight is 326 g/mol. The van der Waals surface area contributed by atoms with Crippen molar-refractivity contribution in [2.75, 3.05) is 0 Å². The minimum atomic E-state index is -0.447. The lowest BCUT2D eigenvalue weighted by atomic mass is 9.96. The first-order chi connectivity index (χ1) is 8.97. The Bertz CT molecular complexity index is 599. The summed E-state index contributed by atoms with van der Waals surface area (Å²) in [5, 5.41) is 0. The predicted molar refractivity (Wildman–Crippen MR) is 75.9 cm³/mol. The molecule has 0 spiro atoms. The summed E-state index contributed by atoms with van der Waals surface area (Å²) in [5.41, 5.74) is 8.25. The van der Waals surface area contributed by atoms with Crippen LogP contribution in [0.25, 0.3) is 0 Å². The Hall–Kier alpha value is -1.26. The van der Waals surface area contributed by atoms with Gasteiger partial charge in [-0.25, -0.2) is 8.78 Å². The van der Waals surface area contributed by atoms with Gasteiger partial charge in [-0.05, 0) is 48.7 Å². The molecular weight excluding hydrogens is 312 g/mol. The van der Waals surface area contributed by atoms with Crippen LogP contribution in [0.1, 0.15) is 22.7 Å². The van der Waals surface area contributed by atoms with Gasteiger partial charge in [-0.2, -0.15) is 0 Å². The van der Waals surface area contributed by atoms with E-state index in [1.165, 1.54) is 18.2 Å². The Morgan fingerprint density at radius 1 is 1.16 bits per heavy atom. The van der Waals surface area contributed by atoms with Crippen LogP contribution in [-0.2, 0) is 6.42 Å². The predicted octanol–water partition coefficient (Wildman–Crippen LogP) is 4.28. The highest BCUT2D eigenvalue weighted by atomic mass is 79.9. The molecule has 0 amide bonds. The maximum atomic E-state index is 13.8. The monoisotopic (exact) mass is 325 g/mol. The molecule has 2 aromatic carbocycles. The van der Waals surface area contributed by atoms with E-state index in [1.807, 2.05) is 6.92 Å². The summed E-state index contributed by atoms with van der Waals surface area (Å²) in [6.45, 7) is 1.82. The third-order valence-electron chi connectivity index (χ3n) is 3.11. The van der Waals surface area contributed by atoms with Crippen molar-refractivity contribution in [3.05, 3.63) is 69.2 Å². The Balaban J connectivity index is 2.23. The zero-order valence-corrected chi connectivity index (χ0v) is 12.0. The van der Waals surface area contributed by atoms with E-state index in [4.69, 9.17) is 5.73 Å². The number of hydrogen-bond donors (Lipinski definition) is 1. The van der Waals surface area contributed by atoms with Gasteiger partial charge in [0.05, 0.1) is 0 Å². The Morgan fingerprint density at radius 2 is 1.89 bits per heavy atom. The van der Waals surface area contributed by atoms with E-state index >= 15 is 0 Å². The highest BCUT2D eigenvalue weighted by Gasteiger charge is 2.13. The zero-order chi connectivity index (χ0) is 14.0. The molecule has 0 aromatic heterocycles. The van der Waals surface area contributed by atoms with E-state index in [9.17, 15) is 8.78 Å². The Labute approximate surface area is 119 Å². The smallest absolute Gasteiger partial charge is 0.129 e. The molecule has 4 heteroatoms. The average Bonchev–Trinajstić information content (AvgIpc) is 2.32. The number of rotatable bonds is 3. The topological polar surface area (TPSA) is 26.0 Å². The second kappa shape index (κ2) is 5.80. The lowest BCUT2D eigenvalue weighted by Gasteiger charge is -2.15. The van der Waals surface area contributed by atoms with E-state index in [0.29, 0.717) is 16.5 Å². The van der Waals surface area contributed by atoms with Crippen molar-refractivity contribution in [3.63, 3.8) is 0 Å². The Kier molecular flexibility index (Phi) is 4.32. The van der Waals surface area contributed by atoms with E-state index < -0.39 is 6.04 Å². The first kappa shape index (κ1) is 14.2. The van der Waals surface area contributed by atoms with Gasteiger partial charge in [-0.3, -0.25) is 0 Å². The second-order valence-electron chi connectivity index (χ2n) is 4.55. The molecule has 2 rings (SSSR count). The molecule has 1 atom stereocenters. The summed E-state index contributed by atoms with van der Waals surface area (Å²) < 4.78 is 27.5. The summed E-state index contributed by atoms with van der Waals surface area (Å²) in [5.74, 6) is -0.605. The Morgan fingerprint density at radius 3 is 2.53 bits per heavy atom. The maximum Gasteiger partial charge on any atom is 0.129 e. The molecule has 0 heterocycles. The van der Waals surface area contributed by atoms with Crippen LogP contribution in [0.2, 0.25) is 0 Å². The standard InChI is InChI=1S/C15H14BrF2N/c1-9-6-12(17)4-2-10(9)7-15(19)13-5-3-11(16)8-14(13)18/h2-6,8,15H,7,19H2,1H3.